The third-order valence-corrected chi connectivity index (χ3v) is 8.16. The van der Waals surface area contributed by atoms with E-state index in [0.29, 0.717) is 23.3 Å². The van der Waals surface area contributed by atoms with Gasteiger partial charge in [0.2, 0.25) is 5.91 Å². The molecule has 29 heavy (non-hydrogen) atoms. The Hall–Kier alpha value is -1.57. The SMILES string of the molecule is CN(C(=O)[C@@H](N)C1CCC(C[S+]([O-])c2ccc(CC(=O)O)cc2)CC1)C1CCC1. The van der Waals surface area contributed by atoms with Crippen LogP contribution in [-0.4, -0.2) is 51.3 Å². The third-order valence-electron chi connectivity index (χ3n) is 6.58. The molecule has 1 aromatic rings. The van der Waals surface area contributed by atoms with Gasteiger partial charge in [0.1, 0.15) is 5.75 Å². The zero-order chi connectivity index (χ0) is 21.0. The van der Waals surface area contributed by atoms with Crippen LogP contribution in [-0.2, 0) is 27.2 Å². The average molecular weight is 421 g/mol. The van der Waals surface area contributed by atoms with Crippen molar-refractivity contribution in [3.8, 4) is 0 Å². The molecule has 3 N–H and O–H groups in total. The molecule has 1 amide bonds. The van der Waals surface area contributed by atoms with E-state index in [-0.39, 0.29) is 18.2 Å². The first-order valence-electron chi connectivity index (χ1n) is 10.6. The zero-order valence-electron chi connectivity index (χ0n) is 17.1. The van der Waals surface area contributed by atoms with Gasteiger partial charge in [-0.2, -0.15) is 0 Å². The predicted octanol–water partition coefficient (Wildman–Crippen LogP) is 2.57. The molecule has 2 saturated carbocycles. The van der Waals surface area contributed by atoms with E-state index in [4.69, 9.17) is 10.8 Å². The lowest BCUT2D eigenvalue weighted by Gasteiger charge is -2.38. The quantitative estimate of drug-likeness (QED) is 0.629. The molecular weight excluding hydrogens is 388 g/mol. The average Bonchev–Trinajstić information content (AvgIpc) is 2.66. The van der Waals surface area contributed by atoms with Gasteiger partial charge in [0.25, 0.3) is 0 Å². The number of nitrogens with zero attached hydrogens (tertiary/aromatic N) is 1. The molecule has 2 aliphatic carbocycles. The van der Waals surface area contributed by atoms with E-state index in [0.717, 1.165) is 43.4 Å². The third kappa shape index (κ3) is 5.74. The molecule has 0 heterocycles. The molecule has 0 bridgehead atoms. The van der Waals surface area contributed by atoms with Crippen LogP contribution >= 0.6 is 0 Å². The van der Waals surface area contributed by atoms with Crippen molar-refractivity contribution < 1.29 is 19.2 Å². The Labute approximate surface area is 176 Å². The van der Waals surface area contributed by atoms with Crippen molar-refractivity contribution in [1.82, 2.24) is 4.90 Å². The fourth-order valence-corrected chi connectivity index (χ4v) is 5.74. The first-order valence-corrected chi connectivity index (χ1v) is 11.9. The number of carbonyl (C=O) groups is 2. The topological polar surface area (TPSA) is 107 Å². The van der Waals surface area contributed by atoms with E-state index >= 15 is 0 Å². The van der Waals surface area contributed by atoms with Gasteiger partial charge < -0.3 is 20.3 Å². The molecule has 0 aromatic heterocycles. The highest BCUT2D eigenvalue weighted by molar-refractivity contribution is 7.91. The summed E-state index contributed by atoms with van der Waals surface area (Å²) in [4.78, 5) is 26.0. The lowest BCUT2D eigenvalue weighted by Crippen LogP contribution is -2.52. The molecule has 1 unspecified atom stereocenters. The number of rotatable bonds is 8. The summed E-state index contributed by atoms with van der Waals surface area (Å²) in [6.45, 7) is 0. The minimum Gasteiger partial charge on any atom is -0.611 e. The highest BCUT2D eigenvalue weighted by Crippen LogP contribution is 2.33. The summed E-state index contributed by atoms with van der Waals surface area (Å²) < 4.78 is 12.7. The second kappa shape index (κ2) is 9.96. The standard InChI is InChI=1S/C22H32N2O4S/c1-24(18-3-2-4-18)22(27)21(23)17-9-5-16(6-10-17)14-29(28)19-11-7-15(8-12-19)13-20(25)26/h7-8,11-12,16-18,21H,2-6,9-10,13-14,23H2,1H3,(H,25,26)/t16?,17?,21-,29?/m0/s1. The van der Waals surface area contributed by atoms with Crippen LogP contribution < -0.4 is 5.73 Å². The van der Waals surface area contributed by atoms with Crippen LogP contribution in [0.4, 0.5) is 0 Å². The van der Waals surface area contributed by atoms with Gasteiger partial charge in [-0.1, -0.05) is 12.1 Å². The van der Waals surface area contributed by atoms with E-state index in [9.17, 15) is 14.1 Å². The molecular formula is C22H32N2O4S. The molecule has 0 saturated heterocycles. The molecule has 7 heteroatoms. The van der Waals surface area contributed by atoms with Crippen LogP contribution in [0.5, 0.6) is 0 Å². The summed E-state index contributed by atoms with van der Waals surface area (Å²) >= 11 is -1.09. The van der Waals surface area contributed by atoms with Gasteiger partial charge in [-0.3, -0.25) is 9.59 Å². The molecule has 0 aliphatic heterocycles. The van der Waals surface area contributed by atoms with E-state index in [2.05, 4.69) is 0 Å². The normalized spacial score (nSPS) is 24.4. The molecule has 6 nitrogen and oxygen atoms in total. The number of benzene rings is 1. The maximum absolute atomic E-state index is 12.7. The Morgan fingerprint density at radius 2 is 1.79 bits per heavy atom. The van der Waals surface area contributed by atoms with Gasteiger partial charge in [0.05, 0.1) is 12.5 Å². The molecule has 1 aromatic carbocycles. The van der Waals surface area contributed by atoms with Crippen LogP contribution in [0.1, 0.15) is 50.5 Å². The molecule has 0 radical (unpaired) electrons. The number of hydrogen-bond donors (Lipinski definition) is 2. The molecule has 160 valence electrons. The Morgan fingerprint density at radius 3 is 2.31 bits per heavy atom. The highest BCUT2D eigenvalue weighted by Gasteiger charge is 2.35. The summed E-state index contributed by atoms with van der Waals surface area (Å²) in [5.74, 6) is 0.396. The number of carboxylic acids is 1. The van der Waals surface area contributed by atoms with Crippen molar-refractivity contribution in [2.45, 2.75) is 68.3 Å². The molecule has 2 atom stereocenters. The maximum atomic E-state index is 12.7. The zero-order valence-corrected chi connectivity index (χ0v) is 17.9. The summed E-state index contributed by atoms with van der Waals surface area (Å²) in [7, 11) is 1.88. The number of amides is 1. The van der Waals surface area contributed by atoms with Crippen LogP contribution in [0.2, 0.25) is 0 Å². The van der Waals surface area contributed by atoms with Gasteiger partial charge in [0.15, 0.2) is 4.90 Å². The van der Waals surface area contributed by atoms with E-state index in [1.54, 1.807) is 24.3 Å². The van der Waals surface area contributed by atoms with E-state index in [1.807, 2.05) is 11.9 Å². The monoisotopic (exact) mass is 420 g/mol. The minimum atomic E-state index is -1.09. The fraction of sp³-hybridized carbons (Fsp3) is 0.636. The van der Waals surface area contributed by atoms with Gasteiger partial charge in [-0.25, -0.2) is 0 Å². The second-order valence-electron chi connectivity index (χ2n) is 8.57. The number of carboxylic acid groups (broad SMARTS) is 1. The Kier molecular flexibility index (Phi) is 7.60. The second-order valence-corrected chi connectivity index (χ2v) is 10.1. The van der Waals surface area contributed by atoms with Crippen molar-refractivity contribution in [3.05, 3.63) is 29.8 Å². The van der Waals surface area contributed by atoms with E-state index in [1.165, 1.54) is 6.42 Å². The van der Waals surface area contributed by atoms with Crippen molar-refractivity contribution in [3.63, 3.8) is 0 Å². The molecule has 2 fully saturated rings. The van der Waals surface area contributed by atoms with Gasteiger partial charge in [-0.15, -0.1) is 0 Å². The number of hydrogen-bond acceptors (Lipinski definition) is 4. The largest absolute Gasteiger partial charge is 0.611 e. The first-order chi connectivity index (χ1) is 13.8. The number of nitrogens with two attached hydrogens (primary N) is 1. The van der Waals surface area contributed by atoms with Crippen LogP contribution in [0.15, 0.2) is 29.2 Å². The van der Waals surface area contributed by atoms with Crippen LogP contribution in [0.25, 0.3) is 0 Å². The van der Waals surface area contributed by atoms with E-state index < -0.39 is 23.2 Å². The number of likely N-dealkylation sites (N-methyl/N-ethyl adjacent to an activating group) is 1. The molecule has 2 aliphatic rings. The Bertz CT molecular complexity index is 699. The van der Waals surface area contributed by atoms with Crippen molar-refractivity contribution in [2.75, 3.05) is 12.8 Å². The van der Waals surface area contributed by atoms with Gasteiger partial charge in [-0.05, 0) is 79.7 Å². The van der Waals surface area contributed by atoms with Crippen molar-refractivity contribution >= 4 is 23.1 Å². The number of aliphatic carboxylic acids is 1. The summed E-state index contributed by atoms with van der Waals surface area (Å²) in [6.07, 6.45) is 7.06. The first kappa shape index (κ1) is 22.1. The summed E-state index contributed by atoms with van der Waals surface area (Å²) in [5.41, 5.74) is 7.02. The number of carbonyl (C=O) groups excluding carboxylic acids is 1. The van der Waals surface area contributed by atoms with Gasteiger partial charge in [0, 0.05) is 19.0 Å². The van der Waals surface area contributed by atoms with Crippen LogP contribution in [0, 0.1) is 11.8 Å². The van der Waals surface area contributed by atoms with Crippen molar-refractivity contribution in [2.24, 2.45) is 17.6 Å². The lowest BCUT2D eigenvalue weighted by molar-refractivity contribution is -0.137. The van der Waals surface area contributed by atoms with Crippen LogP contribution in [0.3, 0.4) is 0 Å². The smallest absolute Gasteiger partial charge is 0.307 e. The van der Waals surface area contributed by atoms with Gasteiger partial charge >= 0.3 is 5.97 Å². The summed E-state index contributed by atoms with van der Waals surface area (Å²) in [5, 5.41) is 8.84. The fourth-order valence-electron chi connectivity index (χ4n) is 4.35. The summed E-state index contributed by atoms with van der Waals surface area (Å²) in [6, 6.07) is 6.96. The maximum Gasteiger partial charge on any atom is 0.307 e. The highest BCUT2D eigenvalue weighted by atomic mass is 32.2. The Morgan fingerprint density at radius 1 is 1.17 bits per heavy atom. The molecule has 3 rings (SSSR count). The lowest BCUT2D eigenvalue weighted by atomic mass is 9.78. The van der Waals surface area contributed by atoms with Crippen molar-refractivity contribution in [1.29, 1.82) is 0 Å². The Balaban J connectivity index is 1.45. The molecule has 0 spiro atoms. The minimum absolute atomic E-state index is 0.0220. The predicted molar refractivity (Wildman–Crippen MR) is 113 cm³/mol.